The fraction of sp³-hybridized carbons (Fsp3) is 0.286. The third-order valence-electron chi connectivity index (χ3n) is 4.44. The summed E-state index contributed by atoms with van der Waals surface area (Å²) in [6.45, 7) is 0.430. The summed E-state index contributed by atoms with van der Waals surface area (Å²) in [5.41, 5.74) is 3.88. The summed E-state index contributed by atoms with van der Waals surface area (Å²) in [7, 11) is 5.10. The third-order valence-corrected chi connectivity index (χ3v) is 4.44. The summed E-state index contributed by atoms with van der Waals surface area (Å²) >= 11 is 0. The second-order valence-corrected chi connectivity index (χ2v) is 6.44. The number of nitrogens with one attached hydrogen (secondary N) is 1. The third kappa shape index (κ3) is 4.88. The van der Waals surface area contributed by atoms with Crippen molar-refractivity contribution in [2.75, 3.05) is 14.2 Å². The normalized spacial score (nSPS) is 10.5. The standard InChI is InChI=1S/C21H24N4O3/c1-25-14-18(13-24-25)17-8-15(10-22-12-17)11-23-21(26)7-5-16-4-6-19(27-2)9-20(16)28-3/h4,6,8-10,12-14H,5,7,11H2,1-3H3,(H,23,26). The van der Waals surface area contributed by atoms with Crippen LogP contribution >= 0.6 is 0 Å². The Labute approximate surface area is 164 Å². The molecular formula is C21H24N4O3. The average molecular weight is 380 g/mol. The molecule has 3 aromatic rings. The molecule has 7 heteroatoms. The smallest absolute Gasteiger partial charge is 0.220 e. The van der Waals surface area contributed by atoms with Crippen molar-refractivity contribution in [2.24, 2.45) is 7.05 Å². The summed E-state index contributed by atoms with van der Waals surface area (Å²) in [5.74, 6) is 1.43. The summed E-state index contributed by atoms with van der Waals surface area (Å²) in [5, 5.41) is 7.12. The zero-order valence-electron chi connectivity index (χ0n) is 16.3. The largest absolute Gasteiger partial charge is 0.497 e. The number of amides is 1. The molecule has 0 bridgehead atoms. The van der Waals surface area contributed by atoms with Crippen LogP contribution in [0.15, 0.2) is 49.1 Å². The van der Waals surface area contributed by atoms with Crippen molar-refractivity contribution in [3.8, 4) is 22.6 Å². The molecular weight excluding hydrogens is 356 g/mol. The maximum Gasteiger partial charge on any atom is 0.220 e. The molecule has 7 nitrogen and oxygen atoms in total. The molecule has 0 aliphatic carbocycles. The highest BCUT2D eigenvalue weighted by Gasteiger charge is 2.09. The molecule has 0 aliphatic rings. The highest BCUT2D eigenvalue weighted by atomic mass is 16.5. The highest BCUT2D eigenvalue weighted by Crippen LogP contribution is 2.25. The van der Waals surface area contributed by atoms with Gasteiger partial charge in [-0.05, 0) is 29.7 Å². The zero-order chi connectivity index (χ0) is 19.9. The van der Waals surface area contributed by atoms with E-state index < -0.39 is 0 Å². The van der Waals surface area contributed by atoms with Crippen LogP contribution in [-0.2, 0) is 24.8 Å². The molecule has 3 rings (SSSR count). The number of ether oxygens (including phenoxy) is 2. The second kappa shape index (κ2) is 9.03. The molecule has 0 aliphatic heterocycles. The first-order valence-electron chi connectivity index (χ1n) is 8.99. The number of hydrogen-bond donors (Lipinski definition) is 1. The second-order valence-electron chi connectivity index (χ2n) is 6.44. The van der Waals surface area contributed by atoms with Gasteiger partial charge in [-0.25, -0.2) is 0 Å². The predicted molar refractivity (Wildman–Crippen MR) is 106 cm³/mol. The minimum Gasteiger partial charge on any atom is -0.497 e. The van der Waals surface area contributed by atoms with Crippen molar-refractivity contribution in [1.82, 2.24) is 20.1 Å². The lowest BCUT2D eigenvalue weighted by atomic mass is 10.1. The number of hydrogen-bond acceptors (Lipinski definition) is 5. The quantitative estimate of drug-likeness (QED) is 0.650. The first kappa shape index (κ1) is 19.4. The molecule has 1 N–H and O–H groups in total. The van der Waals surface area contributed by atoms with Crippen LogP contribution in [0.1, 0.15) is 17.5 Å². The number of aryl methyl sites for hydroxylation is 2. The molecule has 2 heterocycles. The Morgan fingerprint density at radius 3 is 2.68 bits per heavy atom. The Kier molecular flexibility index (Phi) is 6.26. The number of carbonyl (C=O) groups excluding carboxylic acids is 1. The van der Waals surface area contributed by atoms with E-state index in [1.165, 1.54) is 0 Å². The van der Waals surface area contributed by atoms with Crippen molar-refractivity contribution >= 4 is 5.91 Å². The van der Waals surface area contributed by atoms with Gasteiger partial charge in [0.2, 0.25) is 5.91 Å². The number of carbonyl (C=O) groups is 1. The van der Waals surface area contributed by atoms with Crippen molar-refractivity contribution in [3.63, 3.8) is 0 Å². The van der Waals surface area contributed by atoms with Crippen molar-refractivity contribution in [1.29, 1.82) is 0 Å². The number of nitrogens with zero attached hydrogens (tertiary/aromatic N) is 3. The van der Waals surface area contributed by atoms with E-state index >= 15 is 0 Å². The molecule has 0 unspecified atom stereocenters. The van der Waals surface area contributed by atoms with E-state index in [-0.39, 0.29) is 5.91 Å². The molecule has 0 radical (unpaired) electrons. The van der Waals surface area contributed by atoms with Crippen molar-refractivity contribution in [2.45, 2.75) is 19.4 Å². The summed E-state index contributed by atoms with van der Waals surface area (Å²) in [6.07, 6.45) is 8.24. The van der Waals surface area contributed by atoms with Crippen LogP contribution < -0.4 is 14.8 Å². The van der Waals surface area contributed by atoms with E-state index in [0.29, 0.717) is 19.4 Å². The zero-order valence-corrected chi connectivity index (χ0v) is 16.3. The Balaban J connectivity index is 1.55. The SMILES string of the molecule is COc1ccc(CCC(=O)NCc2cncc(-c3cnn(C)c3)c2)c(OC)c1. The lowest BCUT2D eigenvalue weighted by Gasteiger charge is -2.11. The number of methoxy groups -OCH3 is 2. The maximum atomic E-state index is 12.3. The van der Waals surface area contributed by atoms with Crippen LogP contribution in [0.4, 0.5) is 0 Å². The minimum atomic E-state index is -0.0235. The molecule has 28 heavy (non-hydrogen) atoms. The number of benzene rings is 1. The first-order chi connectivity index (χ1) is 13.6. The van der Waals surface area contributed by atoms with Gasteiger partial charge in [-0.1, -0.05) is 6.07 Å². The van der Waals surface area contributed by atoms with Crippen LogP contribution in [0, 0.1) is 0 Å². The van der Waals surface area contributed by atoms with Crippen LogP contribution in [0.25, 0.3) is 11.1 Å². The fourth-order valence-electron chi connectivity index (χ4n) is 2.91. The molecule has 0 saturated carbocycles. The summed E-state index contributed by atoms with van der Waals surface area (Å²) in [4.78, 5) is 16.5. The van der Waals surface area contributed by atoms with Crippen LogP contribution in [0.2, 0.25) is 0 Å². The molecule has 2 aromatic heterocycles. The lowest BCUT2D eigenvalue weighted by Crippen LogP contribution is -2.23. The first-order valence-corrected chi connectivity index (χ1v) is 8.99. The van der Waals surface area contributed by atoms with Gasteiger partial charge in [0.05, 0.1) is 20.4 Å². The summed E-state index contributed by atoms with van der Waals surface area (Å²) < 4.78 is 12.3. The van der Waals surface area contributed by atoms with Crippen LogP contribution in [0.3, 0.4) is 0 Å². The van der Waals surface area contributed by atoms with Gasteiger partial charge in [-0.15, -0.1) is 0 Å². The Morgan fingerprint density at radius 1 is 1.11 bits per heavy atom. The predicted octanol–water partition coefficient (Wildman–Crippen LogP) is 2.75. The van der Waals surface area contributed by atoms with Gasteiger partial charge in [0, 0.05) is 55.8 Å². The van der Waals surface area contributed by atoms with Gasteiger partial charge in [-0.3, -0.25) is 14.5 Å². The molecule has 0 fully saturated rings. The van der Waals surface area contributed by atoms with Gasteiger partial charge >= 0.3 is 0 Å². The molecule has 0 atom stereocenters. The minimum absolute atomic E-state index is 0.0235. The molecule has 1 amide bonds. The van der Waals surface area contributed by atoms with E-state index in [9.17, 15) is 4.79 Å². The number of pyridine rings is 1. The lowest BCUT2D eigenvalue weighted by molar-refractivity contribution is -0.121. The van der Waals surface area contributed by atoms with Gasteiger partial charge in [0.25, 0.3) is 0 Å². The van der Waals surface area contributed by atoms with E-state index in [1.54, 1.807) is 37.5 Å². The average Bonchev–Trinajstić information content (AvgIpc) is 3.17. The van der Waals surface area contributed by atoms with Gasteiger partial charge in [0.15, 0.2) is 0 Å². The maximum absolute atomic E-state index is 12.3. The Bertz CT molecular complexity index is 952. The van der Waals surface area contributed by atoms with Gasteiger partial charge in [0.1, 0.15) is 11.5 Å². The van der Waals surface area contributed by atoms with Crippen LogP contribution in [0.5, 0.6) is 11.5 Å². The van der Waals surface area contributed by atoms with Crippen molar-refractivity contribution in [3.05, 3.63) is 60.2 Å². The molecule has 0 spiro atoms. The molecule has 146 valence electrons. The van der Waals surface area contributed by atoms with E-state index in [0.717, 1.165) is 33.8 Å². The Hall–Kier alpha value is -3.35. The van der Waals surface area contributed by atoms with Gasteiger partial charge in [-0.2, -0.15) is 5.10 Å². The monoisotopic (exact) mass is 380 g/mol. The van der Waals surface area contributed by atoms with E-state index in [2.05, 4.69) is 15.4 Å². The molecule has 0 saturated heterocycles. The fourth-order valence-corrected chi connectivity index (χ4v) is 2.91. The van der Waals surface area contributed by atoms with Crippen LogP contribution in [-0.4, -0.2) is 34.9 Å². The topological polar surface area (TPSA) is 78.3 Å². The highest BCUT2D eigenvalue weighted by molar-refractivity contribution is 5.76. The van der Waals surface area contributed by atoms with Gasteiger partial charge < -0.3 is 14.8 Å². The van der Waals surface area contributed by atoms with E-state index in [1.807, 2.05) is 37.5 Å². The number of aromatic nitrogens is 3. The number of rotatable bonds is 8. The van der Waals surface area contributed by atoms with E-state index in [4.69, 9.17) is 9.47 Å². The Morgan fingerprint density at radius 2 is 1.96 bits per heavy atom. The van der Waals surface area contributed by atoms with Crippen molar-refractivity contribution < 1.29 is 14.3 Å². The summed E-state index contributed by atoms with van der Waals surface area (Å²) in [6, 6.07) is 7.62. The molecule has 1 aromatic carbocycles.